The van der Waals surface area contributed by atoms with Crippen molar-refractivity contribution in [1.29, 1.82) is 0 Å². The van der Waals surface area contributed by atoms with E-state index in [1.54, 1.807) is 19.0 Å². The first kappa shape index (κ1) is 29.3. The van der Waals surface area contributed by atoms with Crippen molar-refractivity contribution in [3.63, 3.8) is 0 Å². The van der Waals surface area contributed by atoms with E-state index in [4.69, 9.17) is 9.97 Å². The Kier molecular flexibility index (Phi) is 8.67. The Morgan fingerprint density at radius 2 is 1.43 bits per heavy atom. The van der Waals surface area contributed by atoms with Crippen LogP contribution in [0.5, 0.6) is 0 Å². The van der Waals surface area contributed by atoms with E-state index in [0.29, 0.717) is 12.3 Å². The predicted molar refractivity (Wildman–Crippen MR) is 169 cm³/mol. The zero-order valence-corrected chi connectivity index (χ0v) is 26.0. The number of nitrogens with one attached hydrogen (secondary N) is 2. The first-order chi connectivity index (χ1) is 19.0. The van der Waals surface area contributed by atoms with Gasteiger partial charge in [0.25, 0.3) is 0 Å². The highest BCUT2D eigenvalue weighted by Crippen LogP contribution is 2.31. The van der Waals surface area contributed by atoms with Gasteiger partial charge in [-0.05, 0) is 105 Å². The Balaban J connectivity index is 0.000000470. The van der Waals surface area contributed by atoms with Crippen LogP contribution < -0.4 is 0 Å². The molecule has 6 nitrogen and oxygen atoms in total. The highest BCUT2D eigenvalue weighted by molar-refractivity contribution is 5.85. The fourth-order valence-corrected chi connectivity index (χ4v) is 5.68. The Labute approximate surface area is 239 Å². The van der Waals surface area contributed by atoms with Crippen molar-refractivity contribution in [2.24, 2.45) is 0 Å². The Bertz CT molecular complexity index is 1630. The molecule has 3 aromatic heterocycles. The standard InChI is InChI=1S/C29H34N4.C5H11NO/c1-8-20-18(6)27-14-29-21(9-2)17(5)26(32-29)12-22-15(3)10-24(30-22)19(7)25-11-16(4)23(31-25)13-28(20)33-27;1-4-5(7)6(2)3/h11-15,32-33H,8-10H2,1-7H3;4H2,1-3H3. The fourth-order valence-electron chi connectivity index (χ4n) is 5.68. The lowest BCUT2D eigenvalue weighted by atomic mass is 10.0. The molecule has 6 heteroatoms. The monoisotopic (exact) mass is 539 g/mol. The quantitative estimate of drug-likeness (QED) is 0.357. The van der Waals surface area contributed by atoms with Gasteiger partial charge < -0.3 is 14.9 Å². The number of aromatic amines is 2. The summed E-state index contributed by atoms with van der Waals surface area (Å²) in [6, 6.07) is 6.76. The third kappa shape index (κ3) is 5.63. The number of carbonyl (C=O) groups is 1. The van der Waals surface area contributed by atoms with Crippen LogP contribution in [0.2, 0.25) is 0 Å². The molecule has 8 bridgehead atoms. The Morgan fingerprint density at radius 3 is 1.95 bits per heavy atom. The molecule has 1 unspecified atom stereocenters. The number of allylic oxidation sites excluding steroid dienone is 1. The summed E-state index contributed by atoms with van der Waals surface area (Å²) >= 11 is 0. The third-order valence-electron chi connectivity index (χ3n) is 8.36. The molecular weight excluding hydrogens is 494 g/mol. The summed E-state index contributed by atoms with van der Waals surface area (Å²) in [5.41, 5.74) is 16.8. The van der Waals surface area contributed by atoms with Crippen molar-refractivity contribution in [1.82, 2.24) is 24.8 Å². The summed E-state index contributed by atoms with van der Waals surface area (Å²) in [6.07, 6.45) is 5.74. The number of H-pyrrole nitrogens is 2. The summed E-state index contributed by atoms with van der Waals surface area (Å²) in [4.78, 5) is 29.6. The summed E-state index contributed by atoms with van der Waals surface area (Å²) in [6.45, 7) is 17.4. The first-order valence-corrected chi connectivity index (χ1v) is 14.6. The van der Waals surface area contributed by atoms with E-state index in [1.807, 2.05) is 6.92 Å². The van der Waals surface area contributed by atoms with Gasteiger partial charge in [0.05, 0.1) is 11.4 Å². The van der Waals surface area contributed by atoms with Gasteiger partial charge in [-0.2, -0.15) is 0 Å². The van der Waals surface area contributed by atoms with Crippen LogP contribution in [0.4, 0.5) is 0 Å². The minimum Gasteiger partial charge on any atom is -0.355 e. The number of fused-ring (bicyclic) bond motifs is 8. The molecule has 3 aromatic rings. The number of aryl methyl sites for hydroxylation is 4. The van der Waals surface area contributed by atoms with Crippen LogP contribution in [0.3, 0.4) is 0 Å². The minimum absolute atomic E-state index is 0.181. The van der Waals surface area contributed by atoms with E-state index < -0.39 is 0 Å². The molecule has 0 fully saturated rings. The molecule has 0 radical (unpaired) electrons. The van der Waals surface area contributed by atoms with E-state index in [-0.39, 0.29) is 5.91 Å². The maximum Gasteiger partial charge on any atom is 0.221 e. The average Bonchev–Trinajstić information content (AvgIpc) is 3.64. The van der Waals surface area contributed by atoms with E-state index >= 15 is 0 Å². The van der Waals surface area contributed by atoms with Gasteiger partial charge in [0.1, 0.15) is 0 Å². The molecule has 1 atom stereocenters. The first-order valence-electron chi connectivity index (χ1n) is 14.6. The van der Waals surface area contributed by atoms with Crippen molar-refractivity contribution in [2.45, 2.75) is 87.0 Å². The number of hydrogen-bond acceptors (Lipinski definition) is 3. The number of carbonyl (C=O) groups excluding carboxylic acids is 1. The lowest BCUT2D eigenvalue weighted by Crippen LogP contribution is -2.19. The molecule has 1 amide bonds. The van der Waals surface area contributed by atoms with Crippen molar-refractivity contribution in [3.05, 3.63) is 68.8 Å². The van der Waals surface area contributed by atoms with Crippen LogP contribution in [0.25, 0.3) is 33.7 Å². The highest BCUT2D eigenvalue weighted by atomic mass is 16.2. The van der Waals surface area contributed by atoms with Gasteiger partial charge in [0, 0.05) is 59.9 Å². The molecule has 5 heterocycles. The molecule has 2 N–H and O–H groups in total. The summed E-state index contributed by atoms with van der Waals surface area (Å²) in [5, 5.41) is 0. The van der Waals surface area contributed by atoms with E-state index in [9.17, 15) is 4.79 Å². The molecule has 212 valence electrons. The van der Waals surface area contributed by atoms with Gasteiger partial charge >= 0.3 is 0 Å². The van der Waals surface area contributed by atoms with Crippen molar-refractivity contribution in [3.8, 4) is 0 Å². The van der Waals surface area contributed by atoms with Crippen molar-refractivity contribution >= 4 is 39.6 Å². The second-order valence-corrected chi connectivity index (χ2v) is 11.3. The summed E-state index contributed by atoms with van der Waals surface area (Å²) < 4.78 is 0. The van der Waals surface area contributed by atoms with Crippen molar-refractivity contribution in [2.75, 3.05) is 14.1 Å². The Hall–Kier alpha value is -3.67. The maximum atomic E-state index is 10.4. The van der Waals surface area contributed by atoms with Gasteiger partial charge in [-0.25, -0.2) is 4.98 Å². The number of rotatable bonds is 3. The van der Waals surface area contributed by atoms with Crippen LogP contribution in [0, 0.1) is 20.8 Å². The van der Waals surface area contributed by atoms with Gasteiger partial charge in [0.15, 0.2) is 0 Å². The zero-order chi connectivity index (χ0) is 29.3. The number of nitrogens with zero attached hydrogens (tertiary/aromatic N) is 3. The van der Waals surface area contributed by atoms with Gasteiger partial charge in [-0.3, -0.25) is 9.78 Å². The lowest BCUT2D eigenvalue weighted by Gasteiger charge is -2.05. The van der Waals surface area contributed by atoms with Crippen LogP contribution in [-0.4, -0.2) is 44.8 Å². The van der Waals surface area contributed by atoms with Crippen LogP contribution in [0.15, 0.2) is 18.2 Å². The molecule has 5 rings (SSSR count). The number of amides is 1. The fraction of sp³-hybridized carbons (Fsp3) is 0.441. The van der Waals surface area contributed by atoms with Crippen LogP contribution >= 0.6 is 0 Å². The maximum absolute atomic E-state index is 10.4. The topological polar surface area (TPSA) is 77.7 Å². The normalized spacial score (nSPS) is 14.4. The SMILES string of the molecule is CCC(=O)N(C)C.CCc1c(C)c2cc3[nH]c(cc4nc(c(C)c5nc(cc1[nH]2)C(C)=C5)CC4C)c(C)c3CC. The molecule has 2 aliphatic rings. The highest BCUT2D eigenvalue weighted by Gasteiger charge is 2.20. The Morgan fingerprint density at radius 1 is 0.850 bits per heavy atom. The van der Waals surface area contributed by atoms with Crippen molar-refractivity contribution < 1.29 is 4.79 Å². The third-order valence-corrected chi connectivity index (χ3v) is 8.36. The lowest BCUT2D eigenvalue weighted by molar-refractivity contribution is -0.128. The van der Waals surface area contributed by atoms with Gasteiger partial charge in [-0.1, -0.05) is 27.7 Å². The summed E-state index contributed by atoms with van der Waals surface area (Å²) in [5.74, 6) is 0.577. The molecule has 2 aliphatic heterocycles. The zero-order valence-electron chi connectivity index (χ0n) is 26.0. The van der Waals surface area contributed by atoms with Crippen LogP contribution in [0.1, 0.15) is 97.6 Å². The van der Waals surface area contributed by atoms with Gasteiger partial charge in [-0.15, -0.1) is 0 Å². The molecule has 0 saturated heterocycles. The van der Waals surface area contributed by atoms with E-state index in [2.05, 4.69) is 82.7 Å². The molecule has 40 heavy (non-hydrogen) atoms. The number of hydrogen-bond donors (Lipinski definition) is 2. The molecular formula is C34H45N5O. The average molecular weight is 540 g/mol. The van der Waals surface area contributed by atoms with Gasteiger partial charge in [0.2, 0.25) is 5.91 Å². The molecule has 0 aromatic carbocycles. The minimum atomic E-state index is 0.181. The van der Waals surface area contributed by atoms with E-state index in [0.717, 1.165) is 47.6 Å². The second kappa shape index (κ2) is 11.8. The molecule has 0 saturated carbocycles. The largest absolute Gasteiger partial charge is 0.355 e. The smallest absolute Gasteiger partial charge is 0.221 e. The number of aromatic nitrogens is 4. The summed E-state index contributed by atoms with van der Waals surface area (Å²) in [7, 11) is 3.51. The molecule has 0 aliphatic carbocycles. The van der Waals surface area contributed by atoms with E-state index in [1.165, 1.54) is 49.9 Å². The predicted octanol–water partition coefficient (Wildman–Crippen LogP) is 7.76. The van der Waals surface area contributed by atoms with Crippen LogP contribution in [-0.2, 0) is 24.1 Å². The second-order valence-electron chi connectivity index (χ2n) is 11.3. The molecule has 0 spiro atoms.